The highest BCUT2D eigenvalue weighted by molar-refractivity contribution is 5.86. The predicted molar refractivity (Wildman–Crippen MR) is 87.8 cm³/mol. The zero-order valence-corrected chi connectivity index (χ0v) is 14.3. The van der Waals surface area contributed by atoms with Crippen LogP contribution in [0.15, 0.2) is 0 Å². The lowest BCUT2D eigenvalue weighted by atomic mass is 9.54. The number of carbonyl (C=O) groups is 1. The van der Waals surface area contributed by atoms with Crippen LogP contribution in [0.2, 0.25) is 0 Å². The van der Waals surface area contributed by atoms with Crippen molar-refractivity contribution in [2.45, 2.75) is 56.5 Å². The van der Waals surface area contributed by atoms with Gasteiger partial charge >= 0.3 is 0 Å². The van der Waals surface area contributed by atoms with Crippen molar-refractivity contribution in [2.24, 2.45) is 29.4 Å². The molecule has 4 nitrogen and oxygen atoms in total. The summed E-state index contributed by atoms with van der Waals surface area (Å²) >= 11 is 0. The highest BCUT2D eigenvalue weighted by Crippen LogP contribution is 2.55. The van der Waals surface area contributed by atoms with E-state index >= 15 is 0 Å². The quantitative estimate of drug-likeness (QED) is 0.845. The number of ether oxygens (including phenoxy) is 1. The molecule has 22 heavy (non-hydrogen) atoms. The molecule has 4 aliphatic carbocycles. The first-order chi connectivity index (χ1) is 10.1. The molecule has 0 spiro atoms. The third-order valence-corrected chi connectivity index (χ3v) is 6.76. The first kappa shape index (κ1) is 16.5. The third-order valence-electron chi connectivity index (χ3n) is 6.76. The van der Waals surface area contributed by atoms with Crippen LogP contribution in [0.4, 0.5) is 0 Å². The van der Waals surface area contributed by atoms with E-state index in [1.165, 1.54) is 32.1 Å². The van der Waals surface area contributed by atoms with Crippen LogP contribution in [0.25, 0.3) is 0 Å². The van der Waals surface area contributed by atoms with Crippen LogP contribution in [0.1, 0.15) is 44.9 Å². The summed E-state index contributed by atoms with van der Waals surface area (Å²) in [6.07, 6.45) is 8.17. The van der Waals surface area contributed by atoms with Crippen LogP contribution in [-0.4, -0.2) is 42.6 Å². The van der Waals surface area contributed by atoms with Gasteiger partial charge < -0.3 is 15.4 Å². The van der Waals surface area contributed by atoms with E-state index in [4.69, 9.17) is 10.5 Å². The maximum Gasteiger partial charge on any atom is 0.242 e. The van der Waals surface area contributed by atoms with E-state index in [9.17, 15) is 4.79 Å². The molecular formula is C17H29ClN2O2. The molecule has 4 bridgehead atoms. The van der Waals surface area contributed by atoms with Gasteiger partial charge in [-0.15, -0.1) is 12.4 Å². The predicted octanol–water partition coefficient (Wildman–Crippen LogP) is 2.20. The summed E-state index contributed by atoms with van der Waals surface area (Å²) < 4.78 is 5.38. The van der Waals surface area contributed by atoms with Gasteiger partial charge in [0.15, 0.2) is 0 Å². The summed E-state index contributed by atoms with van der Waals surface area (Å²) in [7, 11) is 2.01. The van der Waals surface area contributed by atoms with Gasteiger partial charge in [0.1, 0.15) is 0 Å². The molecular weight excluding hydrogens is 300 g/mol. The first-order valence-corrected chi connectivity index (χ1v) is 8.71. The summed E-state index contributed by atoms with van der Waals surface area (Å²) in [6.45, 7) is 1.25. The van der Waals surface area contributed by atoms with Crippen LogP contribution in [0, 0.1) is 23.7 Å². The van der Waals surface area contributed by atoms with Crippen molar-refractivity contribution < 1.29 is 9.53 Å². The van der Waals surface area contributed by atoms with Crippen molar-refractivity contribution in [3.63, 3.8) is 0 Å². The molecule has 5 rings (SSSR count). The SMILES string of the molecule is CN(C(=O)C1(N)CCOCC1)C1C2CC3CC(C2)CC1C3.Cl. The lowest BCUT2D eigenvalue weighted by Crippen LogP contribution is -2.63. The minimum atomic E-state index is -0.679. The Kier molecular flexibility index (Phi) is 4.47. The average Bonchev–Trinajstić information content (AvgIpc) is 2.46. The summed E-state index contributed by atoms with van der Waals surface area (Å²) in [5.41, 5.74) is 5.75. The van der Waals surface area contributed by atoms with Gasteiger partial charge in [-0.1, -0.05) is 0 Å². The number of rotatable bonds is 2. The van der Waals surface area contributed by atoms with Gasteiger partial charge in [-0.05, 0) is 68.6 Å². The topological polar surface area (TPSA) is 55.6 Å². The lowest BCUT2D eigenvalue weighted by Gasteiger charge is -2.57. The number of halogens is 1. The molecule has 5 fully saturated rings. The molecule has 5 aliphatic rings. The van der Waals surface area contributed by atoms with E-state index in [1.807, 2.05) is 7.05 Å². The van der Waals surface area contributed by atoms with E-state index in [0.717, 1.165) is 23.7 Å². The summed E-state index contributed by atoms with van der Waals surface area (Å²) in [6, 6.07) is 0.452. The van der Waals surface area contributed by atoms with Crippen molar-refractivity contribution in [1.82, 2.24) is 4.90 Å². The highest BCUT2D eigenvalue weighted by atomic mass is 35.5. The molecule has 0 aromatic heterocycles. The van der Waals surface area contributed by atoms with Crippen LogP contribution in [0.3, 0.4) is 0 Å². The van der Waals surface area contributed by atoms with E-state index in [2.05, 4.69) is 4.90 Å². The molecule has 1 aliphatic heterocycles. The Balaban J connectivity index is 0.00000144. The molecule has 1 saturated heterocycles. The molecule has 0 unspecified atom stereocenters. The zero-order chi connectivity index (χ0) is 14.6. The number of nitrogens with zero attached hydrogens (tertiary/aromatic N) is 1. The second-order valence-electron chi connectivity index (χ2n) is 8.11. The fourth-order valence-electron chi connectivity index (χ4n) is 5.96. The van der Waals surface area contributed by atoms with Crippen molar-refractivity contribution in [2.75, 3.05) is 20.3 Å². The molecule has 1 amide bonds. The summed E-state index contributed by atoms with van der Waals surface area (Å²) in [5.74, 6) is 3.53. The number of likely N-dealkylation sites (N-methyl/N-ethyl adjacent to an activating group) is 1. The van der Waals surface area contributed by atoms with Crippen molar-refractivity contribution >= 4 is 18.3 Å². The molecule has 0 aromatic carbocycles. The smallest absolute Gasteiger partial charge is 0.242 e. The molecule has 0 atom stereocenters. The molecule has 1 heterocycles. The van der Waals surface area contributed by atoms with Crippen LogP contribution >= 0.6 is 12.4 Å². The average molecular weight is 329 g/mol. The largest absolute Gasteiger partial charge is 0.381 e. The van der Waals surface area contributed by atoms with Crippen molar-refractivity contribution in [3.05, 3.63) is 0 Å². The Morgan fingerprint density at radius 1 is 1.05 bits per heavy atom. The maximum atomic E-state index is 13.0. The number of hydrogen-bond acceptors (Lipinski definition) is 3. The molecule has 0 radical (unpaired) electrons. The Morgan fingerprint density at radius 2 is 1.55 bits per heavy atom. The number of nitrogens with two attached hydrogens (primary N) is 1. The van der Waals surface area contributed by atoms with Gasteiger partial charge in [0, 0.05) is 26.3 Å². The Labute approximate surface area is 139 Å². The van der Waals surface area contributed by atoms with Crippen LogP contribution < -0.4 is 5.73 Å². The monoisotopic (exact) mass is 328 g/mol. The van der Waals surface area contributed by atoms with Gasteiger partial charge in [0.2, 0.25) is 5.91 Å². The highest BCUT2D eigenvalue weighted by Gasteiger charge is 2.52. The second-order valence-corrected chi connectivity index (χ2v) is 8.11. The number of hydrogen-bond donors (Lipinski definition) is 1. The molecule has 126 valence electrons. The zero-order valence-electron chi connectivity index (χ0n) is 13.5. The van der Waals surface area contributed by atoms with Gasteiger partial charge in [-0.25, -0.2) is 0 Å². The van der Waals surface area contributed by atoms with E-state index < -0.39 is 5.54 Å². The number of amides is 1. The third kappa shape index (κ3) is 2.57. The molecule has 2 N–H and O–H groups in total. The van der Waals surface area contributed by atoms with Gasteiger partial charge in [-0.2, -0.15) is 0 Å². The van der Waals surface area contributed by atoms with Gasteiger partial charge in [0.25, 0.3) is 0 Å². The minimum absolute atomic E-state index is 0. The maximum absolute atomic E-state index is 13.0. The number of carbonyl (C=O) groups excluding carboxylic acids is 1. The van der Waals surface area contributed by atoms with Gasteiger partial charge in [-0.3, -0.25) is 4.79 Å². The first-order valence-electron chi connectivity index (χ1n) is 8.71. The fraction of sp³-hybridized carbons (Fsp3) is 0.941. The summed E-state index contributed by atoms with van der Waals surface area (Å²) in [4.78, 5) is 15.0. The lowest BCUT2D eigenvalue weighted by molar-refractivity contribution is -0.150. The standard InChI is InChI=1S/C17H28N2O2.ClH/c1-19(16(20)17(18)2-4-21-5-3-17)15-13-7-11-6-12(9-13)10-14(15)8-11;/h11-15H,2-10,18H2,1H3;1H. The van der Waals surface area contributed by atoms with Crippen LogP contribution in [0.5, 0.6) is 0 Å². The normalized spacial score (nSPS) is 41.8. The summed E-state index contributed by atoms with van der Waals surface area (Å²) in [5, 5.41) is 0. The Hall–Kier alpha value is -0.320. The fourth-order valence-corrected chi connectivity index (χ4v) is 5.96. The van der Waals surface area contributed by atoms with Crippen molar-refractivity contribution in [3.8, 4) is 0 Å². The van der Waals surface area contributed by atoms with Gasteiger partial charge in [0.05, 0.1) is 5.54 Å². The Morgan fingerprint density at radius 3 is 2.05 bits per heavy atom. The van der Waals surface area contributed by atoms with Crippen LogP contribution in [-0.2, 0) is 9.53 Å². The minimum Gasteiger partial charge on any atom is -0.381 e. The molecule has 5 heteroatoms. The van der Waals surface area contributed by atoms with E-state index in [1.54, 1.807) is 0 Å². The van der Waals surface area contributed by atoms with E-state index in [0.29, 0.717) is 32.1 Å². The second kappa shape index (κ2) is 5.95. The Bertz CT molecular complexity index is 408. The molecule has 0 aromatic rings. The van der Waals surface area contributed by atoms with Crippen molar-refractivity contribution in [1.29, 1.82) is 0 Å². The molecule has 4 saturated carbocycles. The van der Waals surface area contributed by atoms with E-state index in [-0.39, 0.29) is 18.3 Å².